The van der Waals surface area contributed by atoms with Gasteiger partial charge in [-0.25, -0.2) is 14.0 Å². The molecule has 1 aliphatic carbocycles. The number of aliphatic carboxylic acids is 1. The van der Waals surface area contributed by atoms with E-state index in [1.165, 1.54) is 12.1 Å². The average Bonchev–Trinajstić information content (AvgIpc) is 3.08. The number of amides is 1. The van der Waals surface area contributed by atoms with Crippen LogP contribution < -0.4 is 5.32 Å². The number of hydrogen-bond donors (Lipinski definition) is 2. The minimum Gasteiger partial charge on any atom is -0.480 e. The Morgan fingerprint density at radius 1 is 1.03 bits per heavy atom. The first-order chi connectivity index (χ1) is 15.4. The summed E-state index contributed by atoms with van der Waals surface area (Å²) in [5.74, 6) is -1.63. The zero-order chi connectivity index (χ0) is 22.7. The molecule has 1 amide bonds. The quantitative estimate of drug-likeness (QED) is 0.546. The van der Waals surface area contributed by atoms with Crippen LogP contribution in [0.25, 0.3) is 11.1 Å². The number of benzene rings is 3. The minimum atomic E-state index is -1.16. The van der Waals surface area contributed by atoms with E-state index < -0.39 is 18.1 Å². The van der Waals surface area contributed by atoms with E-state index in [1.54, 1.807) is 13.0 Å². The number of carbonyl (C=O) groups is 2. The molecule has 0 saturated heterocycles. The summed E-state index contributed by atoms with van der Waals surface area (Å²) in [5.41, 5.74) is 5.84. The maximum Gasteiger partial charge on any atom is 0.407 e. The van der Waals surface area contributed by atoms with Crippen molar-refractivity contribution in [2.24, 2.45) is 0 Å². The smallest absolute Gasteiger partial charge is 0.407 e. The van der Waals surface area contributed by atoms with Crippen molar-refractivity contribution in [3.8, 4) is 11.1 Å². The summed E-state index contributed by atoms with van der Waals surface area (Å²) in [6.45, 7) is 1.88. The van der Waals surface area contributed by atoms with Crippen LogP contribution in [0.5, 0.6) is 0 Å². The normalized spacial score (nSPS) is 13.2. The van der Waals surface area contributed by atoms with Crippen LogP contribution in [0.1, 0.15) is 34.6 Å². The summed E-state index contributed by atoms with van der Waals surface area (Å²) in [6.07, 6.45) is -0.337. The van der Waals surface area contributed by atoms with Gasteiger partial charge in [0.2, 0.25) is 0 Å². The van der Waals surface area contributed by atoms with Gasteiger partial charge in [0.1, 0.15) is 18.5 Å². The molecule has 0 saturated carbocycles. The van der Waals surface area contributed by atoms with Gasteiger partial charge in [-0.15, -0.1) is 0 Å². The van der Waals surface area contributed by atoms with Gasteiger partial charge in [-0.2, -0.15) is 0 Å². The molecule has 0 bridgehead atoms. The van der Waals surface area contributed by atoms with Gasteiger partial charge in [0.15, 0.2) is 0 Å². The van der Waals surface area contributed by atoms with Crippen LogP contribution >= 0.6 is 0 Å². The first-order valence-electron chi connectivity index (χ1n) is 10.5. The molecule has 6 heteroatoms. The molecular weight excluding hydrogens is 409 g/mol. The fraction of sp³-hybridized carbons (Fsp3) is 0.231. The Morgan fingerprint density at radius 3 is 2.25 bits per heavy atom. The molecule has 5 nitrogen and oxygen atoms in total. The molecule has 0 unspecified atom stereocenters. The highest BCUT2D eigenvalue weighted by atomic mass is 19.1. The topological polar surface area (TPSA) is 75.6 Å². The molecule has 1 atom stereocenters. The van der Waals surface area contributed by atoms with Gasteiger partial charge >= 0.3 is 12.1 Å². The maximum atomic E-state index is 13.6. The summed E-state index contributed by atoms with van der Waals surface area (Å²) in [4.78, 5) is 24.0. The van der Waals surface area contributed by atoms with E-state index in [1.807, 2.05) is 48.5 Å². The summed E-state index contributed by atoms with van der Waals surface area (Å²) >= 11 is 0. The first-order valence-corrected chi connectivity index (χ1v) is 10.5. The largest absolute Gasteiger partial charge is 0.480 e. The van der Waals surface area contributed by atoms with Crippen LogP contribution in [0.15, 0.2) is 66.7 Å². The van der Waals surface area contributed by atoms with Crippen molar-refractivity contribution < 1.29 is 23.8 Å². The predicted octanol–water partition coefficient (Wildman–Crippen LogP) is 5.06. The minimum absolute atomic E-state index is 0.105. The highest BCUT2D eigenvalue weighted by molar-refractivity contribution is 5.81. The number of alkyl carbamates (subject to hydrolysis) is 1. The Morgan fingerprint density at radius 2 is 1.66 bits per heavy atom. The fourth-order valence-corrected chi connectivity index (χ4v) is 4.31. The van der Waals surface area contributed by atoms with Crippen molar-refractivity contribution in [2.75, 3.05) is 6.61 Å². The monoisotopic (exact) mass is 433 g/mol. The maximum absolute atomic E-state index is 13.6. The summed E-state index contributed by atoms with van der Waals surface area (Å²) in [5, 5.41) is 11.9. The van der Waals surface area contributed by atoms with E-state index in [0.717, 1.165) is 27.8 Å². The van der Waals surface area contributed by atoms with E-state index in [0.29, 0.717) is 12.0 Å². The van der Waals surface area contributed by atoms with Crippen molar-refractivity contribution in [2.45, 2.75) is 31.7 Å². The Bertz CT molecular complexity index is 1090. The van der Waals surface area contributed by atoms with E-state index in [2.05, 4.69) is 5.32 Å². The van der Waals surface area contributed by atoms with Crippen molar-refractivity contribution in [3.63, 3.8) is 0 Å². The molecule has 0 spiro atoms. The van der Waals surface area contributed by atoms with Gasteiger partial charge in [0.25, 0.3) is 0 Å². The number of aryl methyl sites for hydroxylation is 2. The number of carboxylic acid groups (broad SMARTS) is 1. The van der Waals surface area contributed by atoms with Gasteiger partial charge in [0, 0.05) is 5.92 Å². The fourth-order valence-electron chi connectivity index (χ4n) is 4.31. The third kappa shape index (κ3) is 4.64. The van der Waals surface area contributed by atoms with Gasteiger partial charge in [0.05, 0.1) is 0 Å². The van der Waals surface area contributed by atoms with Gasteiger partial charge in [-0.05, 0) is 65.3 Å². The molecular formula is C26H24FNO4. The molecule has 0 aromatic heterocycles. The number of ether oxygens (including phenoxy) is 1. The SMILES string of the molecule is Cc1cc(F)cc(CC[C@H](NC(=O)OCC2c3ccccc3-c3ccccc32)C(=O)O)c1. The number of nitrogens with one attached hydrogen (secondary N) is 1. The van der Waals surface area contributed by atoms with Crippen molar-refractivity contribution in [1.29, 1.82) is 0 Å². The van der Waals surface area contributed by atoms with Gasteiger partial charge in [-0.3, -0.25) is 0 Å². The van der Waals surface area contributed by atoms with E-state index >= 15 is 0 Å². The van der Waals surface area contributed by atoms with E-state index in [4.69, 9.17) is 4.74 Å². The lowest BCUT2D eigenvalue weighted by atomic mass is 9.98. The predicted molar refractivity (Wildman–Crippen MR) is 119 cm³/mol. The van der Waals surface area contributed by atoms with Crippen LogP contribution in [0, 0.1) is 12.7 Å². The van der Waals surface area contributed by atoms with Crippen molar-refractivity contribution in [3.05, 3.63) is 94.8 Å². The molecule has 0 radical (unpaired) electrons. The van der Waals surface area contributed by atoms with Crippen LogP contribution in [0.4, 0.5) is 9.18 Å². The highest BCUT2D eigenvalue weighted by Gasteiger charge is 2.29. The van der Waals surface area contributed by atoms with Crippen LogP contribution in [-0.4, -0.2) is 29.8 Å². The third-order valence-electron chi connectivity index (χ3n) is 5.76. The second kappa shape index (κ2) is 9.22. The van der Waals surface area contributed by atoms with Crippen LogP contribution in [0.2, 0.25) is 0 Å². The molecule has 4 rings (SSSR count). The Balaban J connectivity index is 1.38. The average molecular weight is 433 g/mol. The molecule has 32 heavy (non-hydrogen) atoms. The molecule has 0 fully saturated rings. The molecule has 3 aromatic carbocycles. The summed E-state index contributed by atoms with van der Waals surface area (Å²) < 4.78 is 19.0. The van der Waals surface area contributed by atoms with Crippen molar-refractivity contribution in [1.82, 2.24) is 5.32 Å². The molecule has 3 aromatic rings. The second-order valence-electron chi connectivity index (χ2n) is 8.04. The number of fused-ring (bicyclic) bond motifs is 3. The number of hydrogen-bond acceptors (Lipinski definition) is 3. The highest BCUT2D eigenvalue weighted by Crippen LogP contribution is 2.44. The molecule has 164 valence electrons. The molecule has 0 aliphatic heterocycles. The zero-order valence-corrected chi connectivity index (χ0v) is 17.7. The Hall–Kier alpha value is -3.67. The first kappa shape index (κ1) is 21.6. The lowest BCUT2D eigenvalue weighted by Crippen LogP contribution is -2.41. The Labute approximate surface area is 185 Å². The Kier molecular flexibility index (Phi) is 6.21. The van der Waals surface area contributed by atoms with E-state index in [9.17, 15) is 19.1 Å². The van der Waals surface area contributed by atoms with Crippen LogP contribution in [-0.2, 0) is 16.0 Å². The third-order valence-corrected chi connectivity index (χ3v) is 5.76. The van der Waals surface area contributed by atoms with Gasteiger partial charge in [-0.1, -0.05) is 54.6 Å². The van der Waals surface area contributed by atoms with Crippen LogP contribution in [0.3, 0.4) is 0 Å². The lowest BCUT2D eigenvalue weighted by molar-refractivity contribution is -0.139. The van der Waals surface area contributed by atoms with Crippen molar-refractivity contribution >= 4 is 12.1 Å². The lowest BCUT2D eigenvalue weighted by Gasteiger charge is -2.17. The standard InChI is InChI=1S/C26H24FNO4/c1-16-12-17(14-18(27)13-16)10-11-24(25(29)30)28-26(31)32-15-23-21-8-4-2-6-19(21)20-7-3-5-9-22(20)23/h2-9,12-14,23-24H,10-11,15H2,1H3,(H,28,31)(H,29,30)/t24-/m0/s1. The zero-order valence-electron chi connectivity index (χ0n) is 17.7. The number of carboxylic acids is 1. The van der Waals surface area contributed by atoms with Gasteiger partial charge < -0.3 is 15.2 Å². The molecule has 2 N–H and O–H groups in total. The summed E-state index contributed by atoms with van der Waals surface area (Å²) in [6, 6.07) is 19.4. The molecule has 0 heterocycles. The molecule has 1 aliphatic rings. The second-order valence-corrected chi connectivity index (χ2v) is 8.04. The summed E-state index contributed by atoms with van der Waals surface area (Å²) in [7, 11) is 0. The number of halogens is 1. The van der Waals surface area contributed by atoms with E-state index in [-0.39, 0.29) is 24.8 Å². The number of rotatable bonds is 7. The number of carbonyl (C=O) groups excluding carboxylic acids is 1.